The summed E-state index contributed by atoms with van der Waals surface area (Å²) >= 11 is 0. The Morgan fingerprint density at radius 3 is 2.39 bits per heavy atom. The Bertz CT molecular complexity index is 959. The van der Waals surface area contributed by atoms with Crippen molar-refractivity contribution >= 4 is 23.1 Å². The number of anilines is 3. The molecule has 28 heavy (non-hydrogen) atoms. The first kappa shape index (κ1) is 18.1. The SMILES string of the molecule is O=C(Nc1ccccc1N1CCc2ccccc21)NC(CO)c1ccccc1. The lowest BCUT2D eigenvalue weighted by molar-refractivity contribution is 0.225. The molecule has 0 aliphatic carbocycles. The van der Waals surface area contributed by atoms with Crippen molar-refractivity contribution < 1.29 is 9.90 Å². The molecule has 1 aliphatic heterocycles. The molecule has 5 heteroatoms. The van der Waals surface area contributed by atoms with E-state index in [9.17, 15) is 9.90 Å². The van der Waals surface area contributed by atoms with Crippen molar-refractivity contribution in [2.75, 3.05) is 23.4 Å². The van der Waals surface area contributed by atoms with Crippen LogP contribution in [0.2, 0.25) is 0 Å². The van der Waals surface area contributed by atoms with Crippen molar-refractivity contribution in [1.82, 2.24) is 5.32 Å². The number of fused-ring (bicyclic) bond motifs is 1. The van der Waals surface area contributed by atoms with E-state index in [4.69, 9.17) is 0 Å². The maximum atomic E-state index is 12.6. The number of aliphatic hydroxyl groups is 1. The predicted molar refractivity (Wildman–Crippen MR) is 112 cm³/mol. The molecule has 1 heterocycles. The fourth-order valence-corrected chi connectivity index (χ4v) is 3.64. The number of rotatable bonds is 5. The number of urea groups is 1. The van der Waals surface area contributed by atoms with E-state index >= 15 is 0 Å². The van der Waals surface area contributed by atoms with E-state index in [1.807, 2.05) is 60.7 Å². The highest BCUT2D eigenvalue weighted by Crippen LogP contribution is 2.38. The fourth-order valence-electron chi connectivity index (χ4n) is 3.64. The molecule has 0 spiro atoms. The van der Waals surface area contributed by atoms with Crippen molar-refractivity contribution in [2.24, 2.45) is 0 Å². The Balaban J connectivity index is 1.52. The third-order valence-corrected chi connectivity index (χ3v) is 5.02. The molecule has 0 saturated carbocycles. The van der Waals surface area contributed by atoms with Gasteiger partial charge in [0.2, 0.25) is 0 Å². The van der Waals surface area contributed by atoms with Gasteiger partial charge >= 0.3 is 6.03 Å². The van der Waals surface area contributed by atoms with Crippen molar-refractivity contribution in [1.29, 1.82) is 0 Å². The topological polar surface area (TPSA) is 64.6 Å². The number of carbonyl (C=O) groups excluding carboxylic acids is 1. The Hall–Kier alpha value is -3.31. The summed E-state index contributed by atoms with van der Waals surface area (Å²) < 4.78 is 0. The van der Waals surface area contributed by atoms with Gasteiger partial charge in [0.15, 0.2) is 0 Å². The third-order valence-electron chi connectivity index (χ3n) is 5.02. The molecule has 1 atom stereocenters. The molecule has 3 aromatic rings. The summed E-state index contributed by atoms with van der Waals surface area (Å²) in [6.07, 6.45) is 0.983. The van der Waals surface area contributed by atoms with Gasteiger partial charge < -0.3 is 20.6 Å². The zero-order valence-corrected chi connectivity index (χ0v) is 15.5. The highest BCUT2D eigenvalue weighted by atomic mass is 16.3. The van der Waals surface area contributed by atoms with Crippen LogP contribution in [0.15, 0.2) is 78.9 Å². The highest BCUT2D eigenvalue weighted by Gasteiger charge is 2.22. The summed E-state index contributed by atoms with van der Waals surface area (Å²) in [6, 6.07) is 24.8. The minimum Gasteiger partial charge on any atom is -0.394 e. The Morgan fingerprint density at radius 2 is 1.61 bits per heavy atom. The maximum Gasteiger partial charge on any atom is 0.319 e. The van der Waals surface area contributed by atoms with Crippen LogP contribution in [0.3, 0.4) is 0 Å². The van der Waals surface area contributed by atoms with Crippen molar-refractivity contribution in [3.8, 4) is 0 Å². The van der Waals surface area contributed by atoms with Crippen LogP contribution in [0.1, 0.15) is 17.2 Å². The monoisotopic (exact) mass is 373 g/mol. The quantitative estimate of drug-likeness (QED) is 0.627. The number of hydrogen-bond donors (Lipinski definition) is 3. The first-order valence-electron chi connectivity index (χ1n) is 9.44. The van der Waals surface area contributed by atoms with E-state index in [0.717, 1.165) is 29.9 Å². The van der Waals surface area contributed by atoms with Gasteiger partial charge in [0.25, 0.3) is 0 Å². The normalized spacial score (nSPS) is 13.7. The highest BCUT2D eigenvalue weighted by molar-refractivity contribution is 5.94. The summed E-state index contributed by atoms with van der Waals surface area (Å²) in [4.78, 5) is 14.8. The predicted octanol–water partition coefficient (Wildman–Crippen LogP) is 4.24. The molecule has 1 aliphatic rings. The van der Waals surface area contributed by atoms with E-state index < -0.39 is 6.04 Å². The standard InChI is InChI=1S/C23H23N3O2/c27-16-20(17-8-2-1-3-9-17)25-23(28)24-19-11-5-7-13-22(19)26-15-14-18-10-4-6-12-21(18)26/h1-13,20,27H,14-16H2,(H2,24,25,28). The smallest absolute Gasteiger partial charge is 0.319 e. The maximum absolute atomic E-state index is 12.6. The first-order valence-corrected chi connectivity index (χ1v) is 9.44. The summed E-state index contributed by atoms with van der Waals surface area (Å²) in [7, 11) is 0. The number of aliphatic hydroxyl groups excluding tert-OH is 1. The lowest BCUT2D eigenvalue weighted by Gasteiger charge is -2.24. The van der Waals surface area contributed by atoms with Gasteiger partial charge in [-0.3, -0.25) is 0 Å². The molecule has 0 saturated heterocycles. The molecule has 0 aromatic heterocycles. The van der Waals surface area contributed by atoms with Crippen LogP contribution in [-0.4, -0.2) is 24.3 Å². The minimum absolute atomic E-state index is 0.168. The number of para-hydroxylation sites is 3. The van der Waals surface area contributed by atoms with Gasteiger partial charge in [-0.2, -0.15) is 0 Å². The fraction of sp³-hybridized carbons (Fsp3) is 0.174. The van der Waals surface area contributed by atoms with Gasteiger partial charge in [0.1, 0.15) is 0 Å². The average molecular weight is 373 g/mol. The van der Waals surface area contributed by atoms with Crippen LogP contribution in [-0.2, 0) is 6.42 Å². The minimum atomic E-state index is -0.458. The van der Waals surface area contributed by atoms with Crippen molar-refractivity contribution in [3.05, 3.63) is 90.0 Å². The molecule has 0 radical (unpaired) electrons. The van der Waals surface area contributed by atoms with E-state index in [-0.39, 0.29) is 12.6 Å². The average Bonchev–Trinajstić information content (AvgIpc) is 3.17. The van der Waals surface area contributed by atoms with Crippen LogP contribution in [0.25, 0.3) is 0 Å². The number of amides is 2. The molecule has 5 nitrogen and oxygen atoms in total. The van der Waals surface area contributed by atoms with E-state index in [1.54, 1.807) is 0 Å². The molecule has 0 fully saturated rings. The lowest BCUT2D eigenvalue weighted by atomic mass is 10.1. The van der Waals surface area contributed by atoms with E-state index in [1.165, 1.54) is 11.3 Å². The van der Waals surface area contributed by atoms with E-state index in [2.05, 4.69) is 33.7 Å². The van der Waals surface area contributed by atoms with Gasteiger partial charge in [0.05, 0.1) is 24.0 Å². The molecular formula is C23H23N3O2. The number of hydrogen-bond acceptors (Lipinski definition) is 3. The Morgan fingerprint density at radius 1 is 0.929 bits per heavy atom. The number of nitrogens with zero attached hydrogens (tertiary/aromatic N) is 1. The summed E-state index contributed by atoms with van der Waals surface area (Å²) in [5.74, 6) is 0. The van der Waals surface area contributed by atoms with Gasteiger partial charge in [-0.15, -0.1) is 0 Å². The summed E-state index contributed by atoms with van der Waals surface area (Å²) in [5, 5.41) is 15.5. The Kier molecular flexibility index (Phi) is 5.26. The van der Waals surface area contributed by atoms with Gasteiger partial charge in [-0.05, 0) is 35.7 Å². The van der Waals surface area contributed by atoms with E-state index in [0.29, 0.717) is 0 Å². The largest absolute Gasteiger partial charge is 0.394 e. The van der Waals surface area contributed by atoms with Crippen molar-refractivity contribution in [3.63, 3.8) is 0 Å². The van der Waals surface area contributed by atoms with Gasteiger partial charge in [0, 0.05) is 12.2 Å². The van der Waals surface area contributed by atoms with Gasteiger partial charge in [-0.25, -0.2) is 4.79 Å². The van der Waals surface area contributed by atoms with Crippen LogP contribution < -0.4 is 15.5 Å². The number of nitrogens with one attached hydrogen (secondary N) is 2. The molecule has 142 valence electrons. The number of carbonyl (C=O) groups is 1. The van der Waals surface area contributed by atoms with Gasteiger partial charge in [-0.1, -0.05) is 60.7 Å². The lowest BCUT2D eigenvalue weighted by Crippen LogP contribution is -2.34. The zero-order valence-electron chi connectivity index (χ0n) is 15.5. The molecule has 3 aromatic carbocycles. The summed E-state index contributed by atoms with van der Waals surface area (Å²) in [5.41, 5.74) is 5.05. The molecule has 1 unspecified atom stereocenters. The van der Waals surface area contributed by atoms with Crippen LogP contribution in [0.5, 0.6) is 0 Å². The Labute approximate surface area is 164 Å². The summed E-state index contributed by atoms with van der Waals surface area (Å²) in [6.45, 7) is 0.710. The molecular weight excluding hydrogens is 350 g/mol. The number of benzene rings is 3. The first-order chi connectivity index (χ1) is 13.8. The second kappa shape index (κ2) is 8.15. The van der Waals surface area contributed by atoms with Crippen LogP contribution >= 0.6 is 0 Å². The molecule has 0 bridgehead atoms. The second-order valence-electron chi connectivity index (χ2n) is 6.79. The molecule has 3 N–H and O–H groups in total. The van der Waals surface area contributed by atoms with Crippen LogP contribution in [0.4, 0.5) is 21.9 Å². The third kappa shape index (κ3) is 3.70. The second-order valence-corrected chi connectivity index (χ2v) is 6.79. The van der Waals surface area contributed by atoms with Crippen LogP contribution in [0, 0.1) is 0 Å². The molecule has 2 amide bonds. The molecule has 4 rings (SSSR count). The van der Waals surface area contributed by atoms with Crippen molar-refractivity contribution in [2.45, 2.75) is 12.5 Å². The zero-order chi connectivity index (χ0) is 19.3.